The number of hydrogen-bond donors (Lipinski definition) is 1. The zero-order chi connectivity index (χ0) is 14.8. The Bertz CT molecular complexity index is 667. The number of benzene rings is 2. The number of carbonyl (C=O) groups excluding carboxylic acids is 1. The Morgan fingerprint density at radius 3 is 2.67 bits per heavy atom. The number of fused-ring (bicyclic) bond motifs is 1. The molecule has 0 saturated carbocycles. The third-order valence-corrected chi connectivity index (χ3v) is 3.82. The standard InChI is InChI=1S/C17H16FNO2/c18-15-4-1-12(2-5-15)9-17(21)19-8-7-13-3-6-16(20)10-14(13)11-19/h1-6,10,20H,7-9,11H2. The molecule has 0 aliphatic carbocycles. The molecule has 0 bridgehead atoms. The fourth-order valence-electron chi connectivity index (χ4n) is 2.65. The summed E-state index contributed by atoms with van der Waals surface area (Å²) < 4.78 is 12.9. The minimum Gasteiger partial charge on any atom is -0.508 e. The van der Waals surface area contributed by atoms with Gasteiger partial charge in [-0.3, -0.25) is 4.79 Å². The highest BCUT2D eigenvalue weighted by molar-refractivity contribution is 5.79. The zero-order valence-corrected chi connectivity index (χ0v) is 11.6. The molecule has 1 amide bonds. The summed E-state index contributed by atoms with van der Waals surface area (Å²) in [6.07, 6.45) is 1.07. The van der Waals surface area contributed by atoms with E-state index in [0.717, 1.165) is 17.5 Å². The molecule has 0 radical (unpaired) electrons. The van der Waals surface area contributed by atoms with Crippen molar-refractivity contribution < 1.29 is 14.3 Å². The Labute approximate surface area is 122 Å². The smallest absolute Gasteiger partial charge is 0.227 e. The molecule has 0 spiro atoms. The number of rotatable bonds is 2. The average Bonchev–Trinajstić information content (AvgIpc) is 2.48. The Morgan fingerprint density at radius 1 is 1.14 bits per heavy atom. The summed E-state index contributed by atoms with van der Waals surface area (Å²) in [6.45, 7) is 1.20. The molecular formula is C17H16FNO2. The lowest BCUT2D eigenvalue weighted by Crippen LogP contribution is -2.36. The van der Waals surface area contributed by atoms with E-state index >= 15 is 0 Å². The fourth-order valence-corrected chi connectivity index (χ4v) is 2.65. The fraction of sp³-hybridized carbons (Fsp3) is 0.235. The summed E-state index contributed by atoms with van der Waals surface area (Å²) in [7, 11) is 0. The van der Waals surface area contributed by atoms with Gasteiger partial charge in [0.2, 0.25) is 5.91 Å². The Balaban J connectivity index is 1.70. The van der Waals surface area contributed by atoms with Crippen molar-refractivity contribution in [3.63, 3.8) is 0 Å². The molecule has 21 heavy (non-hydrogen) atoms. The molecule has 0 fully saturated rings. The quantitative estimate of drug-likeness (QED) is 0.921. The molecule has 2 aromatic rings. The van der Waals surface area contributed by atoms with Gasteiger partial charge in [-0.05, 0) is 47.4 Å². The maximum Gasteiger partial charge on any atom is 0.227 e. The van der Waals surface area contributed by atoms with E-state index in [2.05, 4.69) is 0 Å². The van der Waals surface area contributed by atoms with Crippen LogP contribution >= 0.6 is 0 Å². The highest BCUT2D eigenvalue weighted by atomic mass is 19.1. The summed E-state index contributed by atoms with van der Waals surface area (Å²) >= 11 is 0. The van der Waals surface area contributed by atoms with Crippen molar-refractivity contribution in [3.8, 4) is 5.75 Å². The van der Waals surface area contributed by atoms with Gasteiger partial charge in [-0.2, -0.15) is 0 Å². The summed E-state index contributed by atoms with van der Waals surface area (Å²) in [5.74, 6) is -0.0502. The van der Waals surface area contributed by atoms with Crippen LogP contribution in [0.1, 0.15) is 16.7 Å². The van der Waals surface area contributed by atoms with E-state index < -0.39 is 0 Å². The summed E-state index contributed by atoms with van der Waals surface area (Å²) in [5.41, 5.74) is 2.98. The van der Waals surface area contributed by atoms with Crippen molar-refractivity contribution in [1.82, 2.24) is 4.90 Å². The lowest BCUT2D eigenvalue weighted by Gasteiger charge is -2.29. The van der Waals surface area contributed by atoms with Gasteiger partial charge in [-0.25, -0.2) is 4.39 Å². The van der Waals surface area contributed by atoms with Crippen LogP contribution in [0.5, 0.6) is 5.75 Å². The molecule has 1 N–H and O–H groups in total. The molecule has 1 heterocycles. The number of phenols is 1. The lowest BCUT2D eigenvalue weighted by molar-refractivity contribution is -0.131. The summed E-state index contributed by atoms with van der Waals surface area (Å²) in [4.78, 5) is 14.1. The molecule has 0 saturated heterocycles. The van der Waals surface area contributed by atoms with Crippen LogP contribution in [0.15, 0.2) is 42.5 Å². The Kier molecular flexibility index (Phi) is 3.60. The van der Waals surface area contributed by atoms with Crippen LogP contribution in [0.4, 0.5) is 4.39 Å². The summed E-state index contributed by atoms with van der Waals surface area (Å²) in [6, 6.07) is 11.3. The van der Waals surface area contributed by atoms with Gasteiger partial charge in [0.05, 0.1) is 6.42 Å². The highest BCUT2D eigenvalue weighted by Gasteiger charge is 2.21. The lowest BCUT2D eigenvalue weighted by atomic mass is 9.99. The molecule has 2 aromatic carbocycles. The zero-order valence-electron chi connectivity index (χ0n) is 11.6. The SMILES string of the molecule is O=C(Cc1ccc(F)cc1)N1CCc2ccc(O)cc2C1. The molecule has 108 valence electrons. The van der Waals surface area contributed by atoms with Crippen LogP contribution in [0.25, 0.3) is 0 Å². The van der Waals surface area contributed by atoms with E-state index in [4.69, 9.17) is 0 Å². The Morgan fingerprint density at radius 2 is 1.90 bits per heavy atom. The first kappa shape index (κ1) is 13.6. The first-order chi connectivity index (χ1) is 10.1. The normalized spacial score (nSPS) is 13.9. The Hall–Kier alpha value is -2.36. The van der Waals surface area contributed by atoms with E-state index in [9.17, 15) is 14.3 Å². The van der Waals surface area contributed by atoms with Gasteiger partial charge in [0.1, 0.15) is 11.6 Å². The van der Waals surface area contributed by atoms with Gasteiger partial charge in [0, 0.05) is 13.1 Å². The highest BCUT2D eigenvalue weighted by Crippen LogP contribution is 2.23. The van der Waals surface area contributed by atoms with Crippen molar-refractivity contribution in [2.75, 3.05) is 6.54 Å². The maximum atomic E-state index is 12.9. The molecule has 0 atom stereocenters. The minimum atomic E-state index is -0.298. The number of nitrogens with zero attached hydrogens (tertiary/aromatic N) is 1. The largest absolute Gasteiger partial charge is 0.508 e. The van der Waals surface area contributed by atoms with E-state index in [0.29, 0.717) is 13.1 Å². The summed E-state index contributed by atoms with van der Waals surface area (Å²) in [5, 5.41) is 9.54. The van der Waals surface area contributed by atoms with Crippen molar-refractivity contribution in [2.24, 2.45) is 0 Å². The monoisotopic (exact) mass is 285 g/mol. The van der Waals surface area contributed by atoms with Crippen molar-refractivity contribution in [1.29, 1.82) is 0 Å². The second-order valence-corrected chi connectivity index (χ2v) is 5.32. The van der Waals surface area contributed by atoms with Crippen LogP contribution in [-0.2, 0) is 24.2 Å². The number of hydrogen-bond acceptors (Lipinski definition) is 2. The van der Waals surface area contributed by atoms with Crippen LogP contribution in [0.3, 0.4) is 0 Å². The van der Waals surface area contributed by atoms with Gasteiger partial charge in [0.15, 0.2) is 0 Å². The van der Waals surface area contributed by atoms with Gasteiger partial charge in [0.25, 0.3) is 0 Å². The first-order valence-electron chi connectivity index (χ1n) is 6.95. The van der Waals surface area contributed by atoms with E-state index in [-0.39, 0.29) is 23.9 Å². The molecule has 1 aliphatic heterocycles. The number of halogens is 1. The second kappa shape index (κ2) is 5.56. The predicted molar refractivity (Wildman–Crippen MR) is 77.3 cm³/mol. The van der Waals surface area contributed by atoms with Gasteiger partial charge >= 0.3 is 0 Å². The topological polar surface area (TPSA) is 40.5 Å². The number of phenolic OH excluding ortho intramolecular Hbond substituents is 1. The molecule has 3 nitrogen and oxygen atoms in total. The third kappa shape index (κ3) is 3.05. The number of amides is 1. The van der Waals surface area contributed by atoms with Gasteiger partial charge in [-0.1, -0.05) is 18.2 Å². The number of carbonyl (C=O) groups is 1. The van der Waals surface area contributed by atoms with E-state index in [1.54, 1.807) is 29.2 Å². The van der Waals surface area contributed by atoms with Gasteiger partial charge in [-0.15, -0.1) is 0 Å². The van der Waals surface area contributed by atoms with Crippen molar-refractivity contribution in [3.05, 3.63) is 65.0 Å². The van der Waals surface area contributed by atoms with E-state index in [1.807, 2.05) is 6.07 Å². The molecule has 3 rings (SSSR count). The molecule has 1 aliphatic rings. The number of aromatic hydroxyl groups is 1. The average molecular weight is 285 g/mol. The third-order valence-electron chi connectivity index (χ3n) is 3.82. The van der Waals surface area contributed by atoms with Crippen LogP contribution in [-0.4, -0.2) is 22.5 Å². The van der Waals surface area contributed by atoms with Crippen LogP contribution in [0, 0.1) is 5.82 Å². The van der Waals surface area contributed by atoms with Gasteiger partial charge < -0.3 is 10.0 Å². The van der Waals surface area contributed by atoms with Crippen LogP contribution in [0.2, 0.25) is 0 Å². The minimum absolute atomic E-state index is 0.0237. The molecule has 4 heteroatoms. The van der Waals surface area contributed by atoms with Crippen molar-refractivity contribution >= 4 is 5.91 Å². The second-order valence-electron chi connectivity index (χ2n) is 5.32. The van der Waals surface area contributed by atoms with Crippen molar-refractivity contribution in [2.45, 2.75) is 19.4 Å². The first-order valence-corrected chi connectivity index (χ1v) is 6.95. The van der Waals surface area contributed by atoms with E-state index in [1.165, 1.54) is 17.7 Å². The van der Waals surface area contributed by atoms with Crippen LogP contribution < -0.4 is 0 Å². The predicted octanol–water partition coefficient (Wildman–Crippen LogP) is 2.66. The maximum absolute atomic E-state index is 12.9. The molecule has 0 aromatic heterocycles. The molecule has 0 unspecified atom stereocenters. The molecular weight excluding hydrogens is 269 g/mol.